The summed E-state index contributed by atoms with van der Waals surface area (Å²) in [5, 5.41) is 10.2. The minimum atomic E-state index is -0.311. The second-order valence-electron chi connectivity index (χ2n) is 4.98. The van der Waals surface area contributed by atoms with E-state index in [1.807, 2.05) is 18.2 Å². The van der Waals surface area contributed by atoms with Crippen LogP contribution in [-0.2, 0) is 16.1 Å². The summed E-state index contributed by atoms with van der Waals surface area (Å²) in [5.74, 6) is 0.126. The minimum Gasteiger partial charge on any atom is -0.392 e. The maximum absolute atomic E-state index is 10.2. The molecule has 0 radical (unpaired) electrons. The molecular formula is C17H26O3. The Hall–Kier alpha value is -1.16. The van der Waals surface area contributed by atoms with E-state index in [0.717, 1.165) is 30.4 Å². The molecule has 0 aliphatic heterocycles. The molecule has 0 saturated carbocycles. The van der Waals surface area contributed by atoms with Crippen LogP contribution in [0.3, 0.4) is 0 Å². The van der Waals surface area contributed by atoms with Crippen LogP contribution in [-0.4, -0.2) is 25.1 Å². The first kappa shape index (κ1) is 16.9. The quantitative estimate of drug-likeness (QED) is 0.403. The van der Waals surface area contributed by atoms with E-state index in [-0.39, 0.29) is 12.0 Å². The number of allylic oxidation sites excluding steroid dienone is 1. The zero-order chi connectivity index (χ0) is 14.8. The van der Waals surface area contributed by atoms with Gasteiger partial charge in [-0.05, 0) is 24.0 Å². The summed E-state index contributed by atoms with van der Waals surface area (Å²) >= 11 is 0. The lowest BCUT2D eigenvalue weighted by Gasteiger charge is -2.22. The molecule has 0 aliphatic rings. The summed E-state index contributed by atoms with van der Waals surface area (Å²) in [4.78, 5) is 0. The number of aliphatic hydroxyl groups excluding tert-OH is 1. The Balaban J connectivity index is 2.69. The highest BCUT2D eigenvalue weighted by molar-refractivity contribution is 5.26. The van der Waals surface area contributed by atoms with Gasteiger partial charge in [0.15, 0.2) is 0 Å². The molecule has 1 aromatic rings. The highest BCUT2D eigenvalue weighted by Gasteiger charge is 2.19. The van der Waals surface area contributed by atoms with Gasteiger partial charge in [-0.1, -0.05) is 43.7 Å². The molecule has 0 amide bonds. The standard InChI is InChI=1S/C17H26O3/c1-4-6-16(17(18)7-5-2)15-10-8-14(9-11-15)12-20-13-19-3/h4,8-11,16-18H,1,5-7,12-13H2,2-3H3. The Morgan fingerprint density at radius 2 is 2.00 bits per heavy atom. The van der Waals surface area contributed by atoms with Crippen molar-refractivity contribution in [3.8, 4) is 0 Å². The topological polar surface area (TPSA) is 38.7 Å². The minimum absolute atomic E-state index is 0.126. The number of hydrogen-bond acceptors (Lipinski definition) is 3. The average molecular weight is 278 g/mol. The predicted molar refractivity (Wildman–Crippen MR) is 81.6 cm³/mol. The molecule has 0 aliphatic carbocycles. The van der Waals surface area contributed by atoms with Gasteiger partial charge in [-0.2, -0.15) is 0 Å². The van der Waals surface area contributed by atoms with E-state index >= 15 is 0 Å². The fraction of sp³-hybridized carbons (Fsp3) is 0.529. The zero-order valence-corrected chi connectivity index (χ0v) is 12.5. The Bertz CT molecular complexity index is 372. The van der Waals surface area contributed by atoms with Crippen LogP contribution in [0, 0.1) is 0 Å². The molecule has 0 spiro atoms. The summed E-state index contributed by atoms with van der Waals surface area (Å²) in [6.07, 6.45) is 4.16. The van der Waals surface area contributed by atoms with Crippen molar-refractivity contribution in [1.82, 2.24) is 0 Å². The van der Waals surface area contributed by atoms with Crippen molar-refractivity contribution in [1.29, 1.82) is 0 Å². The van der Waals surface area contributed by atoms with E-state index < -0.39 is 0 Å². The molecular weight excluding hydrogens is 252 g/mol. The first-order valence-electron chi connectivity index (χ1n) is 7.17. The van der Waals surface area contributed by atoms with Crippen LogP contribution in [0.4, 0.5) is 0 Å². The van der Waals surface area contributed by atoms with E-state index in [1.54, 1.807) is 7.11 Å². The van der Waals surface area contributed by atoms with Crippen LogP contribution in [0.2, 0.25) is 0 Å². The van der Waals surface area contributed by atoms with Crippen molar-refractivity contribution in [2.45, 2.75) is 44.8 Å². The van der Waals surface area contributed by atoms with Crippen LogP contribution in [0.15, 0.2) is 36.9 Å². The second-order valence-corrected chi connectivity index (χ2v) is 4.98. The summed E-state index contributed by atoms with van der Waals surface area (Å²) < 4.78 is 10.2. The van der Waals surface area contributed by atoms with Gasteiger partial charge in [0.2, 0.25) is 0 Å². The second kappa shape index (κ2) is 9.70. The van der Waals surface area contributed by atoms with E-state index in [0.29, 0.717) is 13.4 Å². The van der Waals surface area contributed by atoms with Crippen molar-refractivity contribution < 1.29 is 14.6 Å². The lowest BCUT2D eigenvalue weighted by molar-refractivity contribution is -0.0390. The average Bonchev–Trinajstić information content (AvgIpc) is 2.46. The van der Waals surface area contributed by atoms with Crippen molar-refractivity contribution in [2.75, 3.05) is 13.9 Å². The third kappa shape index (κ3) is 5.45. The maximum atomic E-state index is 10.2. The van der Waals surface area contributed by atoms with Gasteiger partial charge in [0, 0.05) is 13.0 Å². The molecule has 1 N–H and O–H groups in total. The number of ether oxygens (including phenoxy) is 2. The molecule has 2 unspecified atom stereocenters. The fourth-order valence-electron chi connectivity index (χ4n) is 2.30. The molecule has 0 bridgehead atoms. The molecule has 112 valence electrons. The first-order chi connectivity index (χ1) is 9.72. The van der Waals surface area contributed by atoms with Gasteiger partial charge >= 0.3 is 0 Å². The molecule has 1 rings (SSSR count). The van der Waals surface area contributed by atoms with E-state index in [9.17, 15) is 5.11 Å². The van der Waals surface area contributed by atoms with E-state index in [1.165, 1.54) is 0 Å². The van der Waals surface area contributed by atoms with Crippen molar-refractivity contribution in [3.05, 3.63) is 48.0 Å². The molecule has 0 heterocycles. The fourth-order valence-corrected chi connectivity index (χ4v) is 2.30. The van der Waals surface area contributed by atoms with Gasteiger partial charge in [0.1, 0.15) is 6.79 Å². The lowest BCUT2D eigenvalue weighted by atomic mass is 9.88. The van der Waals surface area contributed by atoms with Crippen LogP contribution in [0.25, 0.3) is 0 Å². The van der Waals surface area contributed by atoms with Gasteiger partial charge in [-0.25, -0.2) is 0 Å². The third-order valence-electron chi connectivity index (χ3n) is 3.35. The van der Waals surface area contributed by atoms with Gasteiger partial charge in [-0.3, -0.25) is 0 Å². The van der Waals surface area contributed by atoms with Crippen LogP contribution < -0.4 is 0 Å². The number of rotatable bonds is 10. The lowest BCUT2D eigenvalue weighted by Crippen LogP contribution is -2.18. The molecule has 2 atom stereocenters. The molecule has 0 aromatic heterocycles. The van der Waals surface area contributed by atoms with E-state index in [2.05, 4.69) is 25.6 Å². The highest BCUT2D eigenvalue weighted by atomic mass is 16.7. The third-order valence-corrected chi connectivity index (χ3v) is 3.35. The van der Waals surface area contributed by atoms with Gasteiger partial charge in [0.05, 0.1) is 12.7 Å². The van der Waals surface area contributed by atoms with Gasteiger partial charge in [0.25, 0.3) is 0 Å². The Labute approximate surface area is 122 Å². The summed E-state index contributed by atoms with van der Waals surface area (Å²) in [6.45, 7) is 6.72. The molecule has 1 aromatic carbocycles. The number of methoxy groups -OCH3 is 1. The Morgan fingerprint density at radius 1 is 1.30 bits per heavy atom. The Morgan fingerprint density at radius 3 is 2.55 bits per heavy atom. The number of hydrogen-bond donors (Lipinski definition) is 1. The largest absolute Gasteiger partial charge is 0.392 e. The molecule has 0 saturated heterocycles. The Kier molecular flexibility index (Phi) is 8.19. The molecule has 0 fully saturated rings. The zero-order valence-electron chi connectivity index (χ0n) is 12.5. The summed E-state index contributed by atoms with van der Waals surface area (Å²) in [5.41, 5.74) is 2.26. The smallest absolute Gasteiger partial charge is 0.146 e. The molecule has 3 heteroatoms. The monoisotopic (exact) mass is 278 g/mol. The normalized spacial score (nSPS) is 13.9. The summed E-state index contributed by atoms with van der Waals surface area (Å²) in [7, 11) is 1.61. The number of benzene rings is 1. The number of aliphatic hydroxyl groups is 1. The van der Waals surface area contributed by atoms with Crippen LogP contribution in [0.1, 0.15) is 43.2 Å². The maximum Gasteiger partial charge on any atom is 0.146 e. The predicted octanol–water partition coefficient (Wildman–Crippen LogP) is 3.63. The van der Waals surface area contributed by atoms with Gasteiger partial charge in [-0.15, -0.1) is 6.58 Å². The highest BCUT2D eigenvalue weighted by Crippen LogP contribution is 2.27. The summed E-state index contributed by atoms with van der Waals surface area (Å²) in [6, 6.07) is 8.22. The van der Waals surface area contributed by atoms with Crippen molar-refractivity contribution >= 4 is 0 Å². The SMILES string of the molecule is C=CCC(c1ccc(COCOC)cc1)C(O)CCC. The van der Waals surface area contributed by atoms with Crippen LogP contribution >= 0.6 is 0 Å². The first-order valence-corrected chi connectivity index (χ1v) is 7.17. The molecule has 20 heavy (non-hydrogen) atoms. The van der Waals surface area contributed by atoms with Gasteiger partial charge < -0.3 is 14.6 Å². The van der Waals surface area contributed by atoms with Crippen molar-refractivity contribution in [2.24, 2.45) is 0 Å². The van der Waals surface area contributed by atoms with Crippen molar-refractivity contribution in [3.63, 3.8) is 0 Å². The molecule has 3 nitrogen and oxygen atoms in total. The van der Waals surface area contributed by atoms with Crippen LogP contribution in [0.5, 0.6) is 0 Å². The van der Waals surface area contributed by atoms with E-state index in [4.69, 9.17) is 9.47 Å².